The Hall–Kier alpha value is -0.280. The first-order chi connectivity index (χ1) is 18.4. The van der Waals surface area contributed by atoms with Gasteiger partial charge in [0.1, 0.15) is 0 Å². The maximum atomic E-state index is 5.64. The van der Waals surface area contributed by atoms with E-state index in [9.17, 15) is 0 Å². The van der Waals surface area contributed by atoms with Crippen molar-refractivity contribution in [3.63, 3.8) is 0 Å². The minimum Gasteiger partial charge on any atom is -0.379 e. The van der Waals surface area contributed by atoms with E-state index in [4.69, 9.17) is 33.2 Å². The molecule has 0 aliphatic carbocycles. The third-order valence-electron chi connectivity index (χ3n) is 6.02. The average Bonchev–Trinajstić information content (AvgIpc) is 2.91. The van der Waals surface area contributed by atoms with Crippen LogP contribution in [0.4, 0.5) is 0 Å². The molecule has 0 bridgehead atoms. The summed E-state index contributed by atoms with van der Waals surface area (Å²) in [6.45, 7) is 13.4. The Kier molecular flexibility index (Phi) is 35.4. The first kappa shape index (κ1) is 36.7. The van der Waals surface area contributed by atoms with Gasteiger partial charge in [-0.25, -0.2) is 0 Å². The Bertz CT molecular complexity index is 351. The number of hydrogen-bond acceptors (Lipinski definition) is 7. The van der Waals surface area contributed by atoms with Gasteiger partial charge in [-0.1, -0.05) is 90.9 Å². The second-order valence-electron chi connectivity index (χ2n) is 9.53. The van der Waals surface area contributed by atoms with Crippen LogP contribution in [-0.2, 0) is 33.2 Å². The normalized spacial score (nSPS) is 11.5. The summed E-state index contributed by atoms with van der Waals surface area (Å²) < 4.78 is 38.7. The zero-order chi connectivity index (χ0) is 26.7. The summed E-state index contributed by atoms with van der Waals surface area (Å²) >= 11 is 0. The average molecular weight is 535 g/mol. The quantitative estimate of drug-likeness (QED) is 0.0861. The summed E-state index contributed by atoms with van der Waals surface area (Å²) in [4.78, 5) is 0. The SMILES string of the molecule is CCCCCCCCCCCCOCCOCCOCCOCCOCCOCCOCCCCCC. The van der Waals surface area contributed by atoms with Crippen molar-refractivity contribution in [1.29, 1.82) is 0 Å². The van der Waals surface area contributed by atoms with Gasteiger partial charge in [0.25, 0.3) is 0 Å². The van der Waals surface area contributed by atoms with Gasteiger partial charge in [-0.05, 0) is 12.8 Å². The van der Waals surface area contributed by atoms with Crippen LogP contribution in [0.3, 0.4) is 0 Å². The second kappa shape index (κ2) is 35.7. The monoisotopic (exact) mass is 534 g/mol. The molecular weight excluding hydrogens is 472 g/mol. The molecule has 0 heterocycles. The van der Waals surface area contributed by atoms with E-state index in [0.717, 1.165) is 26.1 Å². The molecule has 0 saturated carbocycles. The van der Waals surface area contributed by atoms with E-state index in [2.05, 4.69) is 13.8 Å². The van der Waals surface area contributed by atoms with E-state index in [0.29, 0.717) is 79.3 Å². The number of ether oxygens (including phenoxy) is 7. The lowest BCUT2D eigenvalue weighted by Crippen LogP contribution is -2.14. The maximum Gasteiger partial charge on any atom is 0.0701 e. The molecule has 224 valence electrons. The zero-order valence-corrected chi connectivity index (χ0v) is 24.7. The van der Waals surface area contributed by atoms with Crippen LogP contribution in [0, 0.1) is 0 Å². The van der Waals surface area contributed by atoms with Gasteiger partial charge in [0.15, 0.2) is 0 Å². The van der Waals surface area contributed by atoms with Gasteiger partial charge < -0.3 is 33.2 Å². The molecule has 0 aromatic rings. The van der Waals surface area contributed by atoms with E-state index < -0.39 is 0 Å². The largest absolute Gasteiger partial charge is 0.379 e. The molecule has 7 heteroatoms. The Labute approximate surface area is 229 Å². The second-order valence-corrected chi connectivity index (χ2v) is 9.53. The molecule has 7 nitrogen and oxygen atoms in total. The molecule has 0 N–H and O–H groups in total. The number of hydrogen-bond donors (Lipinski definition) is 0. The van der Waals surface area contributed by atoms with Gasteiger partial charge in [0.05, 0.1) is 79.3 Å². The molecule has 0 saturated heterocycles. The Morgan fingerprint density at radius 3 is 0.676 bits per heavy atom. The minimum atomic E-state index is 0.567. The van der Waals surface area contributed by atoms with Crippen LogP contribution in [0.2, 0.25) is 0 Å². The summed E-state index contributed by atoms with van der Waals surface area (Å²) in [5.74, 6) is 0. The van der Waals surface area contributed by atoms with Gasteiger partial charge in [-0.15, -0.1) is 0 Å². The predicted octanol–water partition coefficient (Wildman–Crippen LogP) is 6.60. The smallest absolute Gasteiger partial charge is 0.0701 e. The van der Waals surface area contributed by atoms with Crippen LogP contribution >= 0.6 is 0 Å². The third-order valence-corrected chi connectivity index (χ3v) is 6.02. The molecule has 0 aromatic carbocycles. The molecule has 0 unspecified atom stereocenters. The predicted molar refractivity (Wildman–Crippen MR) is 152 cm³/mol. The highest BCUT2D eigenvalue weighted by atomic mass is 16.6. The fourth-order valence-electron chi connectivity index (χ4n) is 3.74. The first-order valence-corrected chi connectivity index (χ1v) is 15.5. The van der Waals surface area contributed by atoms with Crippen molar-refractivity contribution in [2.24, 2.45) is 0 Å². The number of rotatable bonds is 34. The highest BCUT2D eigenvalue weighted by molar-refractivity contribution is 4.47. The fourth-order valence-corrected chi connectivity index (χ4v) is 3.74. The van der Waals surface area contributed by atoms with E-state index >= 15 is 0 Å². The van der Waals surface area contributed by atoms with Crippen molar-refractivity contribution in [3.05, 3.63) is 0 Å². The van der Waals surface area contributed by atoms with Crippen molar-refractivity contribution in [2.45, 2.75) is 104 Å². The topological polar surface area (TPSA) is 64.6 Å². The van der Waals surface area contributed by atoms with Crippen LogP contribution in [0.15, 0.2) is 0 Å². The van der Waals surface area contributed by atoms with Crippen LogP contribution in [0.5, 0.6) is 0 Å². The first-order valence-electron chi connectivity index (χ1n) is 15.5. The molecule has 0 aliphatic heterocycles. The van der Waals surface area contributed by atoms with Gasteiger partial charge in [0.2, 0.25) is 0 Å². The molecule has 0 amide bonds. The van der Waals surface area contributed by atoms with Crippen LogP contribution < -0.4 is 0 Å². The van der Waals surface area contributed by atoms with Crippen LogP contribution in [-0.4, -0.2) is 92.5 Å². The van der Waals surface area contributed by atoms with Crippen molar-refractivity contribution in [2.75, 3.05) is 92.5 Å². The number of unbranched alkanes of at least 4 members (excludes halogenated alkanes) is 12. The highest BCUT2D eigenvalue weighted by Crippen LogP contribution is 2.10. The standard InChI is InChI=1S/C30H62O7/c1-3-5-7-9-10-11-12-13-14-16-18-32-20-22-34-24-26-36-28-30-37-29-27-35-25-23-33-21-19-31-17-15-8-6-4-2/h3-30H2,1-2H3. The van der Waals surface area contributed by atoms with Crippen molar-refractivity contribution < 1.29 is 33.2 Å². The summed E-state index contributed by atoms with van der Waals surface area (Å²) in [7, 11) is 0. The lowest BCUT2D eigenvalue weighted by Gasteiger charge is -2.08. The lowest BCUT2D eigenvalue weighted by molar-refractivity contribution is -0.0206. The fraction of sp³-hybridized carbons (Fsp3) is 1.00. The van der Waals surface area contributed by atoms with Crippen molar-refractivity contribution >= 4 is 0 Å². The molecule has 0 atom stereocenters. The third kappa shape index (κ3) is 35.7. The van der Waals surface area contributed by atoms with Gasteiger partial charge in [-0.2, -0.15) is 0 Å². The van der Waals surface area contributed by atoms with E-state index in [-0.39, 0.29) is 0 Å². The Morgan fingerprint density at radius 1 is 0.216 bits per heavy atom. The summed E-state index contributed by atoms with van der Waals surface area (Å²) in [6, 6.07) is 0. The molecule has 0 aliphatic rings. The summed E-state index contributed by atoms with van der Waals surface area (Å²) in [6.07, 6.45) is 18.5. The van der Waals surface area contributed by atoms with Crippen molar-refractivity contribution in [3.8, 4) is 0 Å². The highest BCUT2D eigenvalue weighted by Gasteiger charge is 1.96. The van der Waals surface area contributed by atoms with Crippen molar-refractivity contribution in [1.82, 2.24) is 0 Å². The maximum absolute atomic E-state index is 5.64. The molecule has 0 spiro atoms. The lowest BCUT2D eigenvalue weighted by atomic mass is 10.1. The molecule has 37 heavy (non-hydrogen) atoms. The van der Waals surface area contributed by atoms with Gasteiger partial charge >= 0.3 is 0 Å². The van der Waals surface area contributed by atoms with E-state index in [1.165, 1.54) is 77.0 Å². The molecule has 0 aromatic heterocycles. The molecular formula is C30H62O7. The molecule has 0 fully saturated rings. The van der Waals surface area contributed by atoms with Crippen LogP contribution in [0.1, 0.15) is 104 Å². The van der Waals surface area contributed by atoms with Gasteiger partial charge in [0, 0.05) is 13.2 Å². The summed E-state index contributed by atoms with van der Waals surface area (Å²) in [5, 5.41) is 0. The molecule has 0 rings (SSSR count). The Morgan fingerprint density at radius 2 is 0.405 bits per heavy atom. The van der Waals surface area contributed by atoms with Gasteiger partial charge in [-0.3, -0.25) is 0 Å². The minimum absolute atomic E-state index is 0.567. The van der Waals surface area contributed by atoms with E-state index in [1.807, 2.05) is 0 Å². The van der Waals surface area contributed by atoms with E-state index in [1.54, 1.807) is 0 Å². The molecule has 0 radical (unpaired) electrons. The zero-order valence-electron chi connectivity index (χ0n) is 24.7. The van der Waals surface area contributed by atoms with Crippen LogP contribution in [0.25, 0.3) is 0 Å². The summed E-state index contributed by atoms with van der Waals surface area (Å²) in [5.41, 5.74) is 0. The Balaban J connectivity index is 3.00.